The first kappa shape index (κ1) is 15.2. The maximum absolute atomic E-state index is 12.5. The summed E-state index contributed by atoms with van der Waals surface area (Å²) >= 11 is 0. The third-order valence-corrected chi connectivity index (χ3v) is 4.72. The molecule has 1 aromatic carbocycles. The number of carbonyl (C=O) groups is 1. The van der Waals surface area contributed by atoms with Gasteiger partial charge in [-0.1, -0.05) is 0 Å². The van der Waals surface area contributed by atoms with E-state index in [0.717, 1.165) is 45.4 Å². The Bertz CT molecular complexity index is 527. The molecule has 2 saturated heterocycles. The number of piperidine rings is 1. The minimum atomic E-state index is -2.85. The highest BCUT2D eigenvalue weighted by Gasteiger charge is 2.40. The predicted molar refractivity (Wildman–Crippen MR) is 78.1 cm³/mol. The molecule has 6 heteroatoms. The smallest absolute Gasteiger partial charge is 0.387 e. The van der Waals surface area contributed by atoms with Crippen LogP contribution in [0.1, 0.15) is 29.6 Å². The molecule has 1 N–H and O–H groups in total. The van der Waals surface area contributed by atoms with Gasteiger partial charge in [-0.25, -0.2) is 0 Å². The molecule has 2 aliphatic rings. The summed E-state index contributed by atoms with van der Waals surface area (Å²) in [4.78, 5) is 14.4. The lowest BCUT2D eigenvalue weighted by Gasteiger charge is -2.33. The number of alkyl halides is 2. The van der Waals surface area contributed by atoms with Crippen LogP contribution in [0.2, 0.25) is 0 Å². The summed E-state index contributed by atoms with van der Waals surface area (Å²) in [6.07, 6.45) is 3.27. The van der Waals surface area contributed by atoms with Gasteiger partial charge in [0.25, 0.3) is 5.91 Å². The molecule has 0 unspecified atom stereocenters. The van der Waals surface area contributed by atoms with Crippen molar-refractivity contribution in [2.75, 3.05) is 26.2 Å². The van der Waals surface area contributed by atoms with Crippen LogP contribution in [0.15, 0.2) is 24.3 Å². The maximum Gasteiger partial charge on any atom is 0.387 e. The summed E-state index contributed by atoms with van der Waals surface area (Å²) in [5.74, 6) is 0.0433. The van der Waals surface area contributed by atoms with Crippen LogP contribution in [0.3, 0.4) is 0 Å². The van der Waals surface area contributed by atoms with Crippen molar-refractivity contribution in [3.63, 3.8) is 0 Å². The zero-order valence-corrected chi connectivity index (χ0v) is 12.4. The van der Waals surface area contributed by atoms with Crippen molar-refractivity contribution in [3.8, 4) is 5.75 Å². The van der Waals surface area contributed by atoms with E-state index in [0.29, 0.717) is 5.56 Å². The zero-order valence-electron chi connectivity index (χ0n) is 12.4. The third-order valence-electron chi connectivity index (χ3n) is 4.72. The first-order chi connectivity index (χ1) is 10.6. The Balaban J connectivity index is 1.64. The van der Waals surface area contributed by atoms with Crippen molar-refractivity contribution in [2.45, 2.75) is 25.9 Å². The number of hydrogen-bond acceptors (Lipinski definition) is 3. The van der Waals surface area contributed by atoms with Crippen molar-refractivity contribution in [1.82, 2.24) is 10.2 Å². The van der Waals surface area contributed by atoms with Gasteiger partial charge in [0.05, 0.1) is 0 Å². The van der Waals surface area contributed by atoms with Gasteiger partial charge >= 0.3 is 6.61 Å². The number of benzene rings is 1. The number of nitrogens with one attached hydrogen (secondary N) is 1. The van der Waals surface area contributed by atoms with Crippen LogP contribution in [0.5, 0.6) is 5.75 Å². The van der Waals surface area contributed by atoms with Gasteiger partial charge in [0.2, 0.25) is 0 Å². The van der Waals surface area contributed by atoms with Crippen molar-refractivity contribution in [3.05, 3.63) is 29.8 Å². The minimum absolute atomic E-state index is 0.0287. The minimum Gasteiger partial charge on any atom is -0.435 e. The Morgan fingerprint density at radius 1 is 1.18 bits per heavy atom. The second kappa shape index (κ2) is 6.20. The first-order valence-corrected chi connectivity index (χ1v) is 7.63. The van der Waals surface area contributed by atoms with E-state index in [9.17, 15) is 13.6 Å². The van der Waals surface area contributed by atoms with Gasteiger partial charge in [-0.15, -0.1) is 0 Å². The van der Waals surface area contributed by atoms with Crippen molar-refractivity contribution in [1.29, 1.82) is 0 Å². The van der Waals surface area contributed by atoms with E-state index in [1.165, 1.54) is 12.1 Å². The van der Waals surface area contributed by atoms with Crippen molar-refractivity contribution < 1.29 is 18.3 Å². The van der Waals surface area contributed by atoms with E-state index in [1.54, 1.807) is 12.1 Å². The van der Waals surface area contributed by atoms with Gasteiger partial charge in [-0.3, -0.25) is 4.79 Å². The Hall–Kier alpha value is -1.69. The Morgan fingerprint density at radius 2 is 1.86 bits per heavy atom. The number of amides is 1. The van der Waals surface area contributed by atoms with E-state index < -0.39 is 6.61 Å². The van der Waals surface area contributed by atoms with Gasteiger partial charge in [-0.2, -0.15) is 8.78 Å². The number of rotatable bonds is 3. The summed E-state index contributed by atoms with van der Waals surface area (Å²) in [6.45, 7) is 0.750. The van der Waals surface area contributed by atoms with Crippen LogP contribution in [0.25, 0.3) is 0 Å². The normalized spacial score (nSPS) is 20.6. The highest BCUT2D eigenvalue weighted by molar-refractivity contribution is 5.94. The topological polar surface area (TPSA) is 41.6 Å². The summed E-state index contributed by atoms with van der Waals surface area (Å²) in [7, 11) is 0. The summed E-state index contributed by atoms with van der Waals surface area (Å²) in [5.41, 5.74) is 0.784. The van der Waals surface area contributed by atoms with Crippen LogP contribution in [-0.2, 0) is 0 Å². The lowest BCUT2D eigenvalue weighted by Crippen LogP contribution is -2.39. The standard InChI is InChI=1S/C16H20F2N2O2/c17-15(18)22-13-3-1-12(2-4-13)14(21)20-10-7-16(11-20)5-8-19-9-6-16/h1-4,15,19H,5-11H2. The monoisotopic (exact) mass is 310 g/mol. The quantitative estimate of drug-likeness (QED) is 0.933. The molecule has 1 aromatic rings. The number of halogens is 2. The first-order valence-electron chi connectivity index (χ1n) is 7.63. The van der Waals surface area contributed by atoms with Gasteiger partial charge in [0.1, 0.15) is 5.75 Å². The lowest BCUT2D eigenvalue weighted by molar-refractivity contribution is -0.0498. The zero-order chi connectivity index (χ0) is 15.6. The molecular weight excluding hydrogens is 290 g/mol. The molecule has 4 nitrogen and oxygen atoms in total. The number of carbonyl (C=O) groups excluding carboxylic acids is 1. The summed E-state index contributed by atoms with van der Waals surface area (Å²) < 4.78 is 28.5. The van der Waals surface area contributed by atoms with Crippen LogP contribution in [0, 0.1) is 5.41 Å². The molecule has 22 heavy (non-hydrogen) atoms. The predicted octanol–water partition coefficient (Wildman–Crippen LogP) is 2.50. The number of nitrogens with zero attached hydrogens (tertiary/aromatic N) is 1. The second-order valence-corrected chi connectivity index (χ2v) is 6.13. The van der Waals surface area contributed by atoms with Crippen LogP contribution >= 0.6 is 0 Å². The Morgan fingerprint density at radius 3 is 2.50 bits per heavy atom. The van der Waals surface area contributed by atoms with Crippen molar-refractivity contribution >= 4 is 5.91 Å². The van der Waals surface area contributed by atoms with Crippen LogP contribution in [0.4, 0.5) is 8.78 Å². The molecular formula is C16H20F2N2O2. The maximum atomic E-state index is 12.5. The van der Waals surface area contributed by atoms with Gasteiger partial charge in [-0.05, 0) is 62.0 Å². The van der Waals surface area contributed by atoms with Gasteiger partial charge in [0, 0.05) is 18.7 Å². The Labute approximate surface area is 128 Å². The molecule has 2 aliphatic heterocycles. The van der Waals surface area contributed by atoms with Gasteiger partial charge in [0.15, 0.2) is 0 Å². The molecule has 1 amide bonds. The van der Waals surface area contributed by atoms with E-state index in [-0.39, 0.29) is 17.1 Å². The summed E-state index contributed by atoms with van der Waals surface area (Å²) in [6, 6.07) is 5.92. The molecule has 120 valence electrons. The molecule has 1 spiro atoms. The molecule has 0 radical (unpaired) electrons. The molecule has 0 aliphatic carbocycles. The highest BCUT2D eigenvalue weighted by atomic mass is 19.3. The molecule has 2 heterocycles. The van der Waals surface area contributed by atoms with Crippen molar-refractivity contribution in [2.24, 2.45) is 5.41 Å². The van der Waals surface area contributed by atoms with E-state index in [4.69, 9.17) is 0 Å². The van der Waals surface area contributed by atoms with E-state index >= 15 is 0 Å². The third kappa shape index (κ3) is 3.21. The average Bonchev–Trinajstić information content (AvgIpc) is 2.91. The molecule has 0 saturated carbocycles. The van der Waals surface area contributed by atoms with Crippen LogP contribution in [-0.4, -0.2) is 43.6 Å². The fraction of sp³-hybridized carbons (Fsp3) is 0.562. The molecule has 0 atom stereocenters. The lowest BCUT2D eigenvalue weighted by atomic mass is 9.78. The Kier molecular flexibility index (Phi) is 4.29. The summed E-state index contributed by atoms with van der Waals surface area (Å²) in [5, 5.41) is 3.35. The van der Waals surface area contributed by atoms with Gasteiger partial charge < -0.3 is 15.0 Å². The van der Waals surface area contributed by atoms with Crippen LogP contribution < -0.4 is 10.1 Å². The fourth-order valence-corrected chi connectivity index (χ4v) is 3.44. The number of ether oxygens (including phenoxy) is 1. The van der Waals surface area contributed by atoms with E-state index in [2.05, 4.69) is 10.1 Å². The average molecular weight is 310 g/mol. The fourth-order valence-electron chi connectivity index (χ4n) is 3.44. The van der Waals surface area contributed by atoms with E-state index in [1.807, 2.05) is 4.90 Å². The molecule has 0 bridgehead atoms. The highest BCUT2D eigenvalue weighted by Crippen LogP contribution is 2.39. The number of likely N-dealkylation sites (tertiary alicyclic amines) is 1. The molecule has 0 aromatic heterocycles. The molecule has 2 fully saturated rings. The second-order valence-electron chi connectivity index (χ2n) is 6.13. The molecule has 3 rings (SSSR count). The SMILES string of the molecule is O=C(c1ccc(OC(F)F)cc1)N1CCC2(CCNCC2)C1. The largest absolute Gasteiger partial charge is 0.435 e. The number of hydrogen-bond donors (Lipinski definition) is 1.